The van der Waals surface area contributed by atoms with Crippen LogP contribution in [0.2, 0.25) is 0 Å². The fourth-order valence-electron chi connectivity index (χ4n) is 4.01. The smallest absolute Gasteiger partial charge is 0.0991 e. The zero-order valence-electron chi connectivity index (χ0n) is 12.9. The highest BCUT2D eigenvalue weighted by Crippen LogP contribution is 2.49. The van der Waals surface area contributed by atoms with Gasteiger partial charge < -0.3 is 5.32 Å². The molecular formula is C20H18N2S. The first kappa shape index (κ1) is 14.4. The van der Waals surface area contributed by atoms with Crippen molar-refractivity contribution in [3.8, 4) is 17.2 Å². The van der Waals surface area contributed by atoms with Crippen molar-refractivity contribution in [2.24, 2.45) is 0 Å². The van der Waals surface area contributed by atoms with E-state index in [-0.39, 0.29) is 5.41 Å². The lowest BCUT2D eigenvalue weighted by Gasteiger charge is -2.33. The van der Waals surface area contributed by atoms with E-state index >= 15 is 0 Å². The Morgan fingerprint density at radius 1 is 1.00 bits per heavy atom. The molecule has 114 valence electrons. The lowest BCUT2D eigenvalue weighted by atomic mass is 9.70. The van der Waals surface area contributed by atoms with Gasteiger partial charge in [-0.1, -0.05) is 49.7 Å². The summed E-state index contributed by atoms with van der Waals surface area (Å²) in [6.45, 7) is 0. The van der Waals surface area contributed by atoms with Gasteiger partial charge in [-0.25, -0.2) is 0 Å². The third kappa shape index (κ3) is 2.26. The SMILES string of the molecule is N#Cc1cccc(-c2ccc3c(c2)C2(CCCCC2)C(=S)N3)c1. The predicted octanol–water partition coefficient (Wildman–Crippen LogP) is 5.18. The molecule has 0 radical (unpaired) electrons. The summed E-state index contributed by atoms with van der Waals surface area (Å²) in [5.41, 5.74) is 5.50. The zero-order chi connectivity index (χ0) is 15.9. The molecule has 3 heteroatoms. The van der Waals surface area contributed by atoms with E-state index in [0.717, 1.165) is 34.6 Å². The molecule has 0 atom stereocenters. The third-order valence-electron chi connectivity index (χ3n) is 5.25. The number of thiocarbonyl (C=S) groups is 1. The Labute approximate surface area is 142 Å². The lowest BCUT2D eigenvalue weighted by Crippen LogP contribution is -2.35. The molecule has 1 fully saturated rings. The van der Waals surface area contributed by atoms with Crippen molar-refractivity contribution >= 4 is 22.9 Å². The second-order valence-corrected chi connectivity index (χ2v) is 6.96. The molecular weight excluding hydrogens is 300 g/mol. The Morgan fingerprint density at radius 2 is 1.78 bits per heavy atom. The molecule has 2 nitrogen and oxygen atoms in total. The van der Waals surface area contributed by atoms with E-state index in [1.165, 1.54) is 24.8 Å². The Balaban J connectivity index is 1.82. The van der Waals surface area contributed by atoms with Crippen LogP contribution in [0.5, 0.6) is 0 Å². The number of benzene rings is 2. The van der Waals surface area contributed by atoms with Crippen molar-refractivity contribution in [1.82, 2.24) is 0 Å². The minimum absolute atomic E-state index is 0.0335. The highest BCUT2D eigenvalue weighted by Gasteiger charge is 2.44. The van der Waals surface area contributed by atoms with Crippen molar-refractivity contribution in [1.29, 1.82) is 5.26 Å². The van der Waals surface area contributed by atoms with E-state index in [0.29, 0.717) is 5.56 Å². The van der Waals surface area contributed by atoms with Crippen molar-refractivity contribution in [3.05, 3.63) is 53.6 Å². The molecule has 4 rings (SSSR count). The lowest BCUT2D eigenvalue weighted by molar-refractivity contribution is 0.389. The van der Waals surface area contributed by atoms with Crippen molar-refractivity contribution in [2.45, 2.75) is 37.5 Å². The van der Waals surface area contributed by atoms with Crippen molar-refractivity contribution in [3.63, 3.8) is 0 Å². The van der Waals surface area contributed by atoms with Crippen molar-refractivity contribution in [2.75, 3.05) is 5.32 Å². The second kappa shape index (κ2) is 5.47. The molecule has 1 spiro atoms. The van der Waals surface area contributed by atoms with E-state index in [1.807, 2.05) is 18.2 Å². The van der Waals surface area contributed by atoms with Gasteiger partial charge in [0, 0.05) is 11.1 Å². The van der Waals surface area contributed by atoms with Gasteiger partial charge in [0.05, 0.1) is 16.6 Å². The van der Waals surface area contributed by atoms with Gasteiger partial charge in [0.2, 0.25) is 0 Å². The first-order valence-corrected chi connectivity index (χ1v) is 8.60. The molecule has 1 aliphatic carbocycles. The molecule has 0 aromatic heterocycles. The van der Waals surface area contributed by atoms with Crippen LogP contribution in [0.1, 0.15) is 43.2 Å². The van der Waals surface area contributed by atoms with Crippen LogP contribution in [-0.4, -0.2) is 4.99 Å². The Hall–Kier alpha value is -2.18. The van der Waals surface area contributed by atoms with Gasteiger partial charge in [0.25, 0.3) is 0 Å². The van der Waals surface area contributed by atoms with Gasteiger partial charge in [0.1, 0.15) is 0 Å². The van der Waals surface area contributed by atoms with Crippen LogP contribution in [0, 0.1) is 11.3 Å². The molecule has 2 aliphatic rings. The van der Waals surface area contributed by atoms with Crippen LogP contribution < -0.4 is 5.32 Å². The topological polar surface area (TPSA) is 35.8 Å². The molecule has 1 saturated carbocycles. The number of nitrogens with one attached hydrogen (secondary N) is 1. The van der Waals surface area contributed by atoms with Crippen LogP contribution in [0.4, 0.5) is 5.69 Å². The number of hydrogen-bond donors (Lipinski definition) is 1. The predicted molar refractivity (Wildman–Crippen MR) is 97.6 cm³/mol. The van der Waals surface area contributed by atoms with E-state index in [4.69, 9.17) is 17.5 Å². The summed E-state index contributed by atoms with van der Waals surface area (Å²) < 4.78 is 0. The van der Waals surface area contributed by atoms with Gasteiger partial charge in [0.15, 0.2) is 0 Å². The van der Waals surface area contributed by atoms with Crippen LogP contribution >= 0.6 is 12.2 Å². The molecule has 0 amide bonds. The normalized spacial score (nSPS) is 18.3. The number of nitrogens with zero attached hydrogens (tertiary/aromatic N) is 1. The van der Waals surface area contributed by atoms with Crippen molar-refractivity contribution < 1.29 is 0 Å². The average molecular weight is 318 g/mol. The van der Waals surface area contributed by atoms with Crippen LogP contribution in [0.3, 0.4) is 0 Å². The first-order chi connectivity index (χ1) is 11.2. The summed E-state index contributed by atoms with van der Waals surface area (Å²) in [5.74, 6) is 0. The molecule has 1 heterocycles. The largest absolute Gasteiger partial charge is 0.349 e. The Morgan fingerprint density at radius 3 is 2.57 bits per heavy atom. The Kier molecular flexibility index (Phi) is 3.43. The Bertz CT molecular complexity index is 826. The number of anilines is 1. The minimum Gasteiger partial charge on any atom is -0.349 e. The molecule has 0 bridgehead atoms. The van der Waals surface area contributed by atoms with Crippen LogP contribution in [0.25, 0.3) is 11.1 Å². The maximum atomic E-state index is 9.12. The highest BCUT2D eigenvalue weighted by molar-refractivity contribution is 7.80. The number of nitriles is 1. The first-order valence-electron chi connectivity index (χ1n) is 8.19. The van der Waals surface area contributed by atoms with E-state index in [2.05, 4.69) is 35.7 Å². The standard InChI is InChI=1S/C20H18N2S/c21-13-14-5-4-6-15(11-14)16-7-8-18-17(12-16)20(19(23)22-18)9-2-1-3-10-20/h4-8,11-12H,1-3,9-10H2,(H,22,23). The van der Waals surface area contributed by atoms with Gasteiger partial charge in [-0.05, 0) is 53.8 Å². The summed E-state index contributed by atoms with van der Waals surface area (Å²) in [4.78, 5) is 0.995. The fraction of sp³-hybridized carbons (Fsp3) is 0.300. The molecule has 2 aromatic rings. The summed E-state index contributed by atoms with van der Waals surface area (Å²) >= 11 is 5.70. The van der Waals surface area contributed by atoms with E-state index in [1.54, 1.807) is 0 Å². The second-order valence-electron chi connectivity index (χ2n) is 6.55. The van der Waals surface area contributed by atoms with E-state index in [9.17, 15) is 0 Å². The molecule has 0 unspecified atom stereocenters. The minimum atomic E-state index is 0.0335. The molecule has 1 N–H and O–H groups in total. The van der Waals surface area contributed by atoms with Crippen LogP contribution in [-0.2, 0) is 5.41 Å². The number of fused-ring (bicyclic) bond motifs is 2. The molecule has 23 heavy (non-hydrogen) atoms. The number of hydrogen-bond acceptors (Lipinski definition) is 2. The highest BCUT2D eigenvalue weighted by atomic mass is 32.1. The van der Waals surface area contributed by atoms with Gasteiger partial charge in [-0.15, -0.1) is 0 Å². The summed E-state index contributed by atoms with van der Waals surface area (Å²) in [7, 11) is 0. The molecule has 0 saturated heterocycles. The third-order valence-corrected chi connectivity index (χ3v) is 5.74. The van der Waals surface area contributed by atoms with Gasteiger partial charge >= 0.3 is 0 Å². The maximum absolute atomic E-state index is 9.12. The summed E-state index contributed by atoms with van der Waals surface area (Å²) in [6.07, 6.45) is 6.09. The quantitative estimate of drug-likeness (QED) is 0.736. The van der Waals surface area contributed by atoms with Gasteiger partial charge in [-0.3, -0.25) is 0 Å². The van der Waals surface area contributed by atoms with E-state index < -0.39 is 0 Å². The summed E-state index contributed by atoms with van der Waals surface area (Å²) in [5, 5.41) is 12.6. The number of rotatable bonds is 1. The molecule has 2 aromatic carbocycles. The maximum Gasteiger partial charge on any atom is 0.0991 e. The fourth-order valence-corrected chi connectivity index (χ4v) is 4.44. The van der Waals surface area contributed by atoms with Gasteiger partial charge in [-0.2, -0.15) is 5.26 Å². The summed E-state index contributed by atoms with van der Waals surface area (Å²) in [6, 6.07) is 16.6. The van der Waals surface area contributed by atoms with Crippen LogP contribution in [0.15, 0.2) is 42.5 Å². The average Bonchev–Trinajstić information content (AvgIpc) is 2.87. The molecule has 1 aliphatic heterocycles. The monoisotopic (exact) mass is 318 g/mol. The zero-order valence-corrected chi connectivity index (χ0v) is 13.7.